The van der Waals surface area contributed by atoms with Crippen LogP contribution in [0.2, 0.25) is 0 Å². The Morgan fingerprint density at radius 3 is 2.92 bits per heavy atom. The van der Waals surface area contributed by atoms with E-state index < -0.39 is 0 Å². The molecule has 2 rings (SSSR count). The lowest BCUT2D eigenvalue weighted by atomic mass is 10.4. The van der Waals surface area contributed by atoms with Crippen LogP contribution in [0.4, 0.5) is 5.82 Å². The van der Waals surface area contributed by atoms with Gasteiger partial charge in [-0.3, -0.25) is 0 Å². The number of fused-ring (bicyclic) bond motifs is 1. The Bertz CT molecular complexity index is 431. The summed E-state index contributed by atoms with van der Waals surface area (Å²) in [6, 6.07) is 1.87. The van der Waals surface area contributed by atoms with Crippen LogP contribution in [0.15, 0.2) is 18.6 Å². The quantitative estimate of drug-likeness (QED) is 0.664. The number of rotatable bonds is 1. The van der Waals surface area contributed by atoms with Gasteiger partial charge in [-0.2, -0.15) is 0 Å². The molecule has 13 heavy (non-hydrogen) atoms. The van der Waals surface area contributed by atoms with Crippen molar-refractivity contribution < 1.29 is 0 Å². The van der Waals surface area contributed by atoms with Crippen molar-refractivity contribution in [1.82, 2.24) is 14.5 Å². The van der Waals surface area contributed by atoms with Crippen LogP contribution in [0.3, 0.4) is 0 Å². The van der Waals surface area contributed by atoms with Crippen LogP contribution in [0.5, 0.6) is 0 Å². The second kappa shape index (κ2) is 2.70. The molecule has 2 heterocycles. The van der Waals surface area contributed by atoms with Gasteiger partial charge in [-0.1, -0.05) is 0 Å². The average Bonchev–Trinajstić information content (AvgIpc) is 2.48. The zero-order chi connectivity index (χ0) is 9.42. The molecule has 5 heteroatoms. The second-order valence-corrected chi connectivity index (χ2v) is 2.96. The lowest BCUT2D eigenvalue weighted by Crippen LogP contribution is -2.13. The number of nitrogens with zero attached hydrogens (tertiary/aromatic N) is 3. The second-order valence-electron chi connectivity index (χ2n) is 2.96. The summed E-state index contributed by atoms with van der Waals surface area (Å²) in [5.41, 5.74) is 12.2. The predicted molar refractivity (Wildman–Crippen MR) is 50.8 cm³/mol. The van der Waals surface area contributed by atoms with E-state index in [2.05, 4.69) is 9.97 Å². The van der Waals surface area contributed by atoms with Gasteiger partial charge in [0.25, 0.3) is 0 Å². The Hall–Kier alpha value is -1.62. The van der Waals surface area contributed by atoms with E-state index in [1.165, 1.54) is 6.33 Å². The van der Waals surface area contributed by atoms with Crippen molar-refractivity contribution in [3.05, 3.63) is 18.6 Å². The highest BCUT2D eigenvalue weighted by atomic mass is 15.1. The predicted octanol–water partition coefficient (Wildman–Crippen LogP) is 0.491. The van der Waals surface area contributed by atoms with Gasteiger partial charge in [0.1, 0.15) is 17.8 Å². The minimum Gasteiger partial charge on any atom is -0.383 e. The maximum Gasteiger partial charge on any atom is 0.146 e. The van der Waals surface area contributed by atoms with Gasteiger partial charge in [-0.25, -0.2) is 9.97 Å². The largest absolute Gasteiger partial charge is 0.383 e. The number of nitrogen functional groups attached to an aromatic ring is 1. The van der Waals surface area contributed by atoms with Crippen LogP contribution in [-0.2, 0) is 0 Å². The van der Waals surface area contributed by atoms with Crippen LogP contribution >= 0.6 is 0 Å². The lowest BCUT2D eigenvalue weighted by molar-refractivity contribution is 0.588. The third kappa shape index (κ3) is 1.13. The van der Waals surface area contributed by atoms with Gasteiger partial charge in [0, 0.05) is 6.20 Å². The van der Waals surface area contributed by atoms with Crippen molar-refractivity contribution in [3.63, 3.8) is 0 Å². The van der Waals surface area contributed by atoms with Crippen molar-refractivity contribution in [2.75, 3.05) is 5.73 Å². The number of anilines is 1. The van der Waals surface area contributed by atoms with E-state index in [0.717, 1.165) is 11.0 Å². The molecule has 0 aliphatic carbocycles. The maximum atomic E-state index is 5.74. The van der Waals surface area contributed by atoms with E-state index in [0.29, 0.717) is 5.82 Å². The van der Waals surface area contributed by atoms with Gasteiger partial charge in [0.05, 0.1) is 11.6 Å². The van der Waals surface area contributed by atoms with Crippen LogP contribution < -0.4 is 11.5 Å². The van der Waals surface area contributed by atoms with Crippen molar-refractivity contribution in [3.8, 4) is 0 Å². The summed E-state index contributed by atoms with van der Waals surface area (Å²) in [6.45, 7) is 1.89. The summed E-state index contributed by atoms with van der Waals surface area (Å²) in [4.78, 5) is 8.01. The van der Waals surface area contributed by atoms with E-state index in [-0.39, 0.29) is 6.17 Å². The summed E-state index contributed by atoms with van der Waals surface area (Å²) in [7, 11) is 0. The van der Waals surface area contributed by atoms with Crippen LogP contribution in [0, 0.1) is 0 Å². The molecule has 0 amide bonds. The van der Waals surface area contributed by atoms with Gasteiger partial charge in [0.15, 0.2) is 0 Å². The molecule has 0 fully saturated rings. The molecular weight excluding hydrogens is 166 g/mol. The number of hydrogen-bond donors (Lipinski definition) is 2. The molecule has 1 unspecified atom stereocenters. The standard InChI is InChI=1S/C8H11N5/c1-5(9)13-3-2-6-7(10)11-4-12-8(6)13/h2-5H,9H2,1H3,(H2,10,11,12). The Balaban J connectivity index is 2.75. The summed E-state index contributed by atoms with van der Waals surface area (Å²) < 4.78 is 1.85. The minimum absolute atomic E-state index is 0.105. The molecule has 0 radical (unpaired) electrons. The van der Waals surface area contributed by atoms with Crippen molar-refractivity contribution in [2.24, 2.45) is 5.73 Å². The van der Waals surface area contributed by atoms with E-state index in [4.69, 9.17) is 11.5 Å². The summed E-state index contributed by atoms with van der Waals surface area (Å²) in [5, 5.41) is 0.847. The fourth-order valence-corrected chi connectivity index (χ4v) is 1.32. The van der Waals surface area contributed by atoms with Gasteiger partial charge in [-0.15, -0.1) is 0 Å². The zero-order valence-electron chi connectivity index (χ0n) is 7.31. The van der Waals surface area contributed by atoms with Crippen LogP contribution in [0.25, 0.3) is 11.0 Å². The molecular formula is C8H11N5. The Labute approximate surface area is 75.4 Å². The van der Waals surface area contributed by atoms with Crippen molar-refractivity contribution >= 4 is 16.9 Å². The molecule has 5 nitrogen and oxygen atoms in total. The molecule has 2 aromatic rings. The highest BCUT2D eigenvalue weighted by Gasteiger charge is 2.07. The molecule has 0 saturated carbocycles. The molecule has 0 bridgehead atoms. The molecule has 2 aromatic heterocycles. The van der Waals surface area contributed by atoms with E-state index >= 15 is 0 Å². The molecule has 1 atom stereocenters. The molecule has 0 saturated heterocycles. The number of aromatic nitrogens is 3. The Morgan fingerprint density at radius 1 is 1.46 bits per heavy atom. The summed E-state index contributed by atoms with van der Waals surface area (Å²) >= 11 is 0. The summed E-state index contributed by atoms with van der Waals surface area (Å²) in [6.07, 6.45) is 3.20. The van der Waals surface area contributed by atoms with Gasteiger partial charge in [-0.05, 0) is 13.0 Å². The highest BCUT2D eigenvalue weighted by molar-refractivity contribution is 5.86. The van der Waals surface area contributed by atoms with E-state index in [1.54, 1.807) is 0 Å². The number of nitrogens with two attached hydrogens (primary N) is 2. The molecule has 68 valence electrons. The molecule has 0 aliphatic rings. The van der Waals surface area contributed by atoms with Gasteiger partial charge >= 0.3 is 0 Å². The summed E-state index contributed by atoms with van der Waals surface area (Å²) in [5.74, 6) is 0.490. The lowest BCUT2D eigenvalue weighted by Gasteiger charge is -2.07. The van der Waals surface area contributed by atoms with Crippen molar-refractivity contribution in [1.29, 1.82) is 0 Å². The third-order valence-electron chi connectivity index (χ3n) is 1.98. The first kappa shape index (κ1) is 8.00. The van der Waals surface area contributed by atoms with Gasteiger partial charge in [0.2, 0.25) is 0 Å². The Kier molecular flexibility index (Phi) is 1.66. The molecule has 0 aliphatic heterocycles. The first-order chi connectivity index (χ1) is 6.20. The first-order valence-corrected chi connectivity index (χ1v) is 4.02. The normalized spacial score (nSPS) is 13.4. The van der Waals surface area contributed by atoms with Crippen LogP contribution in [-0.4, -0.2) is 14.5 Å². The first-order valence-electron chi connectivity index (χ1n) is 4.02. The number of hydrogen-bond acceptors (Lipinski definition) is 4. The smallest absolute Gasteiger partial charge is 0.146 e. The zero-order valence-corrected chi connectivity index (χ0v) is 7.31. The topological polar surface area (TPSA) is 82.8 Å². The highest BCUT2D eigenvalue weighted by Crippen LogP contribution is 2.19. The van der Waals surface area contributed by atoms with Crippen LogP contribution in [0.1, 0.15) is 13.1 Å². The average molecular weight is 177 g/mol. The van der Waals surface area contributed by atoms with Gasteiger partial charge < -0.3 is 16.0 Å². The minimum atomic E-state index is -0.105. The van der Waals surface area contributed by atoms with E-state index in [9.17, 15) is 0 Å². The monoisotopic (exact) mass is 177 g/mol. The SMILES string of the molecule is CC(N)n1ccc2c(N)ncnc21. The van der Waals surface area contributed by atoms with E-state index in [1.807, 2.05) is 23.8 Å². The maximum absolute atomic E-state index is 5.74. The fraction of sp³-hybridized carbons (Fsp3) is 0.250. The molecule has 4 N–H and O–H groups in total. The fourth-order valence-electron chi connectivity index (χ4n) is 1.32. The molecule has 0 aromatic carbocycles. The van der Waals surface area contributed by atoms with Crippen molar-refractivity contribution in [2.45, 2.75) is 13.1 Å². The third-order valence-corrected chi connectivity index (χ3v) is 1.98. The Morgan fingerprint density at radius 2 is 2.23 bits per heavy atom. The molecule has 0 spiro atoms.